The molecule has 3 aromatic rings. The van der Waals surface area contributed by atoms with Gasteiger partial charge >= 0.3 is 0 Å². The largest absolute Gasteiger partial charge is 0.495 e. The zero-order valence-corrected chi connectivity index (χ0v) is 21.4. The molecule has 9 heteroatoms. The van der Waals surface area contributed by atoms with Crippen LogP contribution < -0.4 is 9.04 Å². The molecule has 0 aromatic heterocycles. The van der Waals surface area contributed by atoms with Gasteiger partial charge in [-0.15, -0.1) is 0 Å². The standard InChI is InChI=1S/C28H29FN2O5S/c1-36-27-5-3-2-4-26(27)31(37(34,35)25-12-6-21(20-32)7-13-25)19-18-30-16-14-23(15-17-30)28(33)22-8-10-24(29)11-9-22/h2-13,20,23H,14-19H2,1H3. The summed E-state index contributed by atoms with van der Waals surface area (Å²) < 4.78 is 47.4. The molecule has 0 saturated carbocycles. The number of piperidine rings is 1. The lowest BCUT2D eigenvalue weighted by Gasteiger charge is -2.33. The number of ketones is 1. The lowest BCUT2D eigenvalue weighted by atomic mass is 9.89. The Morgan fingerprint density at radius 3 is 2.30 bits per heavy atom. The molecule has 1 saturated heterocycles. The normalized spacial score (nSPS) is 14.8. The van der Waals surface area contributed by atoms with E-state index < -0.39 is 10.0 Å². The van der Waals surface area contributed by atoms with Gasteiger partial charge in [0.05, 0.1) is 17.7 Å². The maximum absolute atomic E-state index is 13.7. The van der Waals surface area contributed by atoms with E-state index in [1.807, 2.05) is 0 Å². The first kappa shape index (κ1) is 26.5. The SMILES string of the molecule is COc1ccccc1N(CCN1CCC(C(=O)c2ccc(F)cc2)CC1)S(=O)(=O)c1ccc(C=O)cc1. The Balaban J connectivity index is 1.48. The van der Waals surface area contributed by atoms with Crippen molar-refractivity contribution in [3.8, 4) is 5.75 Å². The van der Waals surface area contributed by atoms with Gasteiger partial charge in [0.25, 0.3) is 10.0 Å². The number of nitrogens with zero attached hydrogens (tertiary/aromatic N) is 2. The molecule has 1 heterocycles. The fourth-order valence-electron chi connectivity index (χ4n) is 4.55. The van der Waals surface area contributed by atoms with E-state index in [-0.39, 0.29) is 29.0 Å². The molecule has 7 nitrogen and oxygen atoms in total. The molecular formula is C28H29FN2O5S. The molecule has 194 valence electrons. The second-order valence-electron chi connectivity index (χ2n) is 8.92. The van der Waals surface area contributed by atoms with Crippen LogP contribution in [-0.4, -0.2) is 58.7 Å². The molecule has 0 bridgehead atoms. The number of likely N-dealkylation sites (tertiary alicyclic amines) is 1. The highest BCUT2D eigenvalue weighted by Crippen LogP contribution is 2.32. The molecule has 4 rings (SSSR count). The first-order valence-corrected chi connectivity index (χ1v) is 13.5. The van der Waals surface area contributed by atoms with Crippen molar-refractivity contribution in [2.24, 2.45) is 5.92 Å². The van der Waals surface area contributed by atoms with Crippen molar-refractivity contribution in [2.75, 3.05) is 37.6 Å². The second kappa shape index (κ2) is 11.7. The van der Waals surface area contributed by atoms with Gasteiger partial charge in [-0.05, 0) is 74.5 Å². The quantitative estimate of drug-likeness (QED) is 0.288. The maximum Gasteiger partial charge on any atom is 0.264 e. The molecule has 0 atom stereocenters. The van der Waals surface area contributed by atoms with Gasteiger partial charge in [-0.2, -0.15) is 0 Å². The van der Waals surface area contributed by atoms with Crippen LogP contribution in [0.25, 0.3) is 0 Å². The van der Waals surface area contributed by atoms with E-state index >= 15 is 0 Å². The van der Waals surface area contributed by atoms with Gasteiger partial charge in [-0.1, -0.05) is 24.3 Å². The number of hydrogen-bond donors (Lipinski definition) is 0. The van der Waals surface area contributed by atoms with Crippen LogP contribution in [0, 0.1) is 11.7 Å². The lowest BCUT2D eigenvalue weighted by Crippen LogP contribution is -2.43. The van der Waals surface area contributed by atoms with E-state index in [1.165, 1.54) is 59.9 Å². The fraction of sp³-hybridized carbons (Fsp3) is 0.286. The van der Waals surface area contributed by atoms with E-state index in [4.69, 9.17) is 4.74 Å². The number of benzene rings is 3. The summed E-state index contributed by atoms with van der Waals surface area (Å²) in [5, 5.41) is 0. The van der Waals surface area contributed by atoms with Crippen molar-refractivity contribution in [2.45, 2.75) is 17.7 Å². The minimum Gasteiger partial charge on any atom is -0.495 e. The number of hydrogen-bond acceptors (Lipinski definition) is 6. The molecule has 3 aromatic carbocycles. The highest BCUT2D eigenvalue weighted by molar-refractivity contribution is 7.92. The Hall–Kier alpha value is -3.56. The van der Waals surface area contributed by atoms with Gasteiger partial charge in [0.1, 0.15) is 17.9 Å². The number of halogens is 1. The Labute approximate surface area is 216 Å². The van der Waals surface area contributed by atoms with Crippen molar-refractivity contribution in [1.29, 1.82) is 0 Å². The second-order valence-corrected chi connectivity index (χ2v) is 10.8. The molecule has 1 aliphatic rings. The summed E-state index contributed by atoms with van der Waals surface area (Å²) in [6, 6.07) is 18.3. The van der Waals surface area contributed by atoms with E-state index in [9.17, 15) is 22.4 Å². The van der Waals surface area contributed by atoms with Crippen LogP contribution in [0.5, 0.6) is 5.75 Å². The third kappa shape index (κ3) is 6.06. The summed E-state index contributed by atoms with van der Waals surface area (Å²) in [6.07, 6.45) is 1.95. The first-order chi connectivity index (χ1) is 17.8. The molecule has 37 heavy (non-hydrogen) atoms. The molecular weight excluding hydrogens is 495 g/mol. The van der Waals surface area contributed by atoms with Crippen molar-refractivity contribution in [1.82, 2.24) is 4.90 Å². The molecule has 0 radical (unpaired) electrons. The number of ether oxygens (including phenoxy) is 1. The van der Waals surface area contributed by atoms with Crippen LogP contribution in [0.2, 0.25) is 0 Å². The molecule has 0 unspecified atom stereocenters. The molecule has 0 N–H and O–H groups in total. The summed E-state index contributed by atoms with van der Waals surface area (Å²) in [6.45, 7) is 1.92. The zero-order chi connectivity index (χ0) is 26.4. The number of methoxy groups -OCH3 is 1. The van der Waals surface area contributed by atoms with Gasteiger partial charge in [0.2, 0.25) is 0 Å². The summed E-state index contributed by atoms with van der Waals surface area (Å²) >= 11 is 0. The Bertz CT molecular complexity index is 1340. The van der Waals surface area contributed by atoms with Gasteiger partial charge < -0.3 is 9.64 Å². The van der Waals surface area contributed by atoms with Gasteiger partial charge in [0, 0.05) is 30.1 Å². The van der Waals surface area contributed by atoms with Crippen LogP contribution >= 0.6 is 0 Å². The third-order valence-corrected chi connectivity index (χ3v) is 8.49. The monoisotopic (exact) mass is 524 g/mol. The number of anilines is 1. The molecule has 1 aliphatic heterocycles. The van der Waals surface area contributed by atoms with Crippen molar-refractivity contribution >= 4 is 27.8 Å². The van der Waals surface area contributed by atoms with Crippen LogP contribution in [-0.2, 0) is 10.0 Å². The predicted octanol–water partition coefficient (Wildman–Crippen LogP) is 4.44. The summed E-state index contributed by atoms with van der Waals surface area (Å²) in [5.74, 6) is -0.0801. The number of rotatable bonds is 10. The Morgan fingerprint density at radius 1 is 1.03 bits per heavy atom. The van der Waals surface area contributed by atoms with Crippen molar-refractivity contribution < 1.29 is 27.1 Å². The first-order valence-electron chi connectivity index (χ1n) is 12.1. The average Bonchev–Trinajstić information content (AvgIpc) is 2.93. The van der Waals surface area contributed by atoms with Crippen molar-refractivity contribution in [3.63, 3.8) is 0 Å². The molecule has 0 aliphatic carbocycles. The number of sulfonamides is 1. The van der Waals surface area contributed by atoms with Crippen molar-refractivity contribution in [3.05, 3.63) is 89.7 Å². The number of carbonyl (C=O) groups excluding carboxylic acids is 2. The van der Waals surface area contributed by atoms with Crippen LogP contribution in [0.15, 0.2) is 77.7 Å². The number of para-hydroxylation sites is 2. The van der Waals surface area contributed by atoms with Gasteiger partial charge in [-0.3, -0.25) is 13.9 Å². The topological polar surface area (TPSA) is 84.0 Å². The van der Waals surface area contributed by atoms with E-state index in [0.29, 0.717) is 61.3 Å². The number of aldehydes is 1. The smallest absolute Gasteiger partial charge is 0.264 e. The highest BCUT2D eigenvalue weighted by Gasteiger charge is 2.30. The Kier molecular flexibility index (Phi) is 8.35. The van der Waals surface area contributed by atoms with Gasteiger partial charge in [-0.25, -0.2) is 12.8 Å². The number of carbonyl (C=O) groups is 2. The average molecular weight is 525 g/mol. The van der Waals surface area contributed by atoms with E-state index in [2.05, 4.69) is 4.90 Å². The fourth-order valence-corrected chi connectivity index (χ4v) is 6.02. The van der Waals surface area contributed by atoms with E-state index in [0.717, 1.165) is 0 Å². The van der Waals surface area contributed by atoms with Crippen LogP contribution in [0.3, 0.4) is 0 Å². The predicted molar refractivity (Wildman–Crippen MR) is 139 cm³/mol. The van der Waals surface area contributed by atoms with Crippen LogP contribution in [0.1, 0.15) is 33.6 Å². The summed E-state index contributed by atoms with van der Waals surface area (Å²) in [4.78, 5) is 26.1. The zero-order valence-electron chi connectivity index (χ0n) is 20.5. The molecule has 1 fully saturated rings. The molecule has 0 amide bonds. The number of Topliss-reactive ketones (excluding diaryl/α,β-unsaturated/α-hetero) is 1. The maximum atomic E-state index is 13.7. The minimum atomic E-state index is -3.95. The molecule has 0 spiro atoms. The lowest BCUT2D eigenvalue weighted by molar-refractivity contribution is 0.0842. The summed E-state index contributed by atoms with van der Waals surface area (Å²) in [5.41, 5.74) is 1.32. The summed E-state index contributed by atoms with van der Waals surface area (Å²) in [7, 11) is -2.46. The van der Waals surface area contributed by atoms with Crippen LogP contribution in [0.4, 0.5) is 10.1 Å². The third-order valence-electron chi connectivity index (χ3n) is 6.66. The highest BCUT2D eigenvalue weighted by atomic mass is 32.2. The Morgan fingerprint density at radius 2 is 1.68 bits per heavy atom. The van der Waals surface area contributed by atoms with E-state index in [1.54, 1.807) is 24.3 Å². The minimum absolute atomic E-state index is 0.0108. The van der Waals surface area contributed by atoms with Gasteiger partial charge in [0.15, 0.2) is 5.78 Å².